The topological polar surface area (TPSA) is 0 Å². The monoisotopic (exact) mass is 562 g/mol. The van der Waals surface area contributed by atoms with Crippen LogP contribution in [0.3, 0.4) is 0 Å². The van der Waals surface area contributed by atoms with Crippen molar-refractivity contribution in [2.75, 3.05) is 24.6 Å². The molecular weight excluding hydrogens is 508 g/mol. The van der Waals surface area contributed by atoms with Gasteiger partial charge in [0, 0.05) is 0 Å². The van der Waals surface area contributed by atoms with E-state index in [1.807, 2.05) is 0 Å². The highest BCUT2D eigenvalue weighted by Gasteiger charge is 2.16. The van der Waals surface area contributed by atoms with Crippen LogP contribution in [0.25, 0.3) is 11.1 Å². The standard InChI is InChI=1S/C32H54P4/c1-5-9-19-33-23-27-15-13-17-29(31(27)25-35-21-11-7-3)30-18-14-16-28(24-34-20-10-6-2)32(30)26-36-22-12-8-4/h13-18,33-36H,5-12,19-26H2,1-4H3. The lowest BCUT2D eigenvalue weighted by molar-refractivity contribution is 0.892. The maximum Gasteiger partial charge on any atom is -0.00916 e. The fourth-order valence-electron chi connectivity index (χ4n) is 4.60. The molecule has 0 amide bonds. The lowest BCUT2D eigenvalue weighted by Gasteiger charge is -2.20. The SMILES string of the molecule is CCCCPCc1cccc(-c2cccc(CPCCCC)c2CPCCCC)c1CPCCCC. The van der Waals surface area contributed by atoms with Crippen molar-refractivity contribution in [1.82, 2.24) is 0 Å². The van der Waals surface area contributed by atoms with Gasteiger partial charge in [-0.15, -0.1) is 34.3 Å². The Labute approximate surface area is 231 Å². The van der Waals surface area contributed by atoms with Crippen LogP contribution in [-0.4, -0.2) is 24.6 Å². The zero-order valence-corrected chi connectivity index (χ0v) is 27.8. The van der Waals surface area contributed by atoms with Crippen LogP contribution in [0.2, 0.25) is 0 Å². The molecule has 2 rings (SSSR count). The second kappa shape index (κ2) is 21.0. The van der Waals surface area contributed by atoms with Crippen molar-refractivity contribution in [2.24, 2.45) is 0 Å². The molecule has 0 nitrogen and oxygen atoms in total. The van der Waals surface area contributed by atoms with Crippen molar-refractivity contribution < 1.29 is 0 Å². The Morgan fingerprint density at radius 3 is 1.11 bits per heavy atom. The fourth-order valence-corrected chi connectivity index (χ4v) is 10.3. The second-order valence-corrected chi connectivity index (χ2v) is 15.4. The predicted molar refractivity (Wildman–Crippen MR) is 179 cm³/mol. The molecule has 0 fully saturated rings. The molecule has 0 saturated carbocycles. The molecular formula is C32H54P4. The minimum Gasteiger partial charge on any atom is -0.118 e. The van der Waals surface area contributed by atoms with Crippen LogP contribution in [0.4, 0.5) is 0 Å². The van der Waals surface area contributed by atoms with E-state index in [1.165, 1.54) is 101 Å². The molecule has 0 aromatic heterocycles. The maximum atomic E-state index is 2.47. The van der Waals surface area contributed by atoms with Gasteiger partial charge >= 0.3 is 0 Å². The maximum absolute atomic E-state index is 2.47. The van der Waals surface area contributed by atoms with Gasteiger partial charge in [0.25, 0.3) is 0 Å². The quantitative estimate of drug-likeness (QED) is 0.105. The van der Waals surface area contributed by atoms with Gasteiger partial charge in [-0.05, 0) is 108 Å². The Hall–Kier alpha value is 0.160. The molecule has 4 heteroatoms. The summed E-state index contributed by atoms with van der Waals surface area (Å²) >= 11 is 0. The first-order valence-corrected chi connectivity index (χ1v) is 20.5. The van der Waals surface area contributed by atoms with Gasteiger partial charge in [-0.1, -0.05) is 89.8 Å². The average molecular weight is 563 g/mol. The third kappa shape index (κ3) is 11.9. The van der Waals surface area contributed by atoms with E-state index in [9.17, 15) is 0 Å². The first kappa shape index (κ1) is 32.4. The van der Waals surface area contributed by atoms with Gasteiger partial charge in [0.15, 0.2) is 0 Å². The van der Waals surface area contributed by atoms with Gasteiger partial charge < -0.3 is 0 Å². The number of hydrogen-bond donors (Lipinski definition) is 0. The summed E-state index contributed by atoms with van der Waals surface area (Å²) in [5.41, 5.74) is 9.84. The van der Waals surface area contributed by atoms with Crippen molar-refractivity contribution in [3.05, 3.63) is 58.7 Å². The van der Waals surface area contributed by atoms with Gasteiger partial charge in [-0.25, -0.2) is 0 Å². The Morgan fingerprint density at radius 1 is 0.444 bits per heavy atom. The van der Waals surface area contributed by atoms with Gasteiger partial charge in [0.1, 0.15) is 0 Å². The molecule has 2 aromatic carbocycles. The highest BCUT2D eigenvalue weighted by atomic mass is 31.1. The van der Waals surface area contributed by atoms with E-state index in [0.29, 0.717) is 0 Å². The summed E-state index contributed by atoms with van der Waals surface area (Å²) < 4.78 is 0. The molecule has 0 spiro atoms. The Bertz CT molecular complexity index is 763. The molecule has 0 aliphatic heterocycles. The molecule has 4 unspecified atom stereocenters. The summed E-state index contributed by atoms with van der Waals surface area (Å²) in [5.74, 6) is 0. The van der Waals surface area contributed by atoms with Crippen LogP contribution in [0.15, 0.2) is 36.4 Å². The number of hydrogen-bond acceptors (Lipinski definition) is 0. The zero-order chi connectivity index (χ0) is 25.8. The molecule has 0 aliphatic rings. The number of unbranched alkanes of at least 4 members (excludes halogenated alkanes) is 4. The summed E-state index contributed by atoms with van der Waals surface area (Å²) in [5, 5.41) is 0. The molecule has 0 N–H and O–H groups in total. The van der Waals surface area contributed by atoms with Crippen molar-refractivity contribution in [3.8, 4) is 11.1 Å². The Morgan fingerprint density at radius 2 is 0.778 bits per heavy atom. The van der Waals surface area contributed by atoms with Gasteiger partial charge in [-0.2, -0.15) is 0 Å². The van der Waals surface area contributed by atoms with Crippen LogP contribution in [-0.2, 0) is 24.6 Å². The summed E-state index contributed by atoms with van der Waals surface area (Å²) in [6.07, 6.45) is 21.5. The Kier molecular flexibility index (Phi) is 18.9. The van der Waals surface area contributed by atoms with Crippen LogP contribution >= 0.6 is 34.3 Å². The zero-order valence-electron chi connectivity index (χ0n) is 23.8. The number of rotatable bonds is 21. The molecule has 0 radical (unpaired) electrons. The van der Waals surface area contributed by atoms with E-state index >= 15 is 0 Å². The predicted octanol–water partition coefficient (Wildman–Crippen LogP) is 11.3. The smallest absolute Gasteiger partial charge is 0.00916 e. The van der Waals surface area contributed by atoms with Crippen molar-refractivity contribution in [3.63, 3.8) is 0 Å². The van der Waals surface area contributed by atoms with E-state index in [-0.39, 0.29) is 0 Å². The molecule has 0 heterocycles. The lowest BCUT2D eigenvalue weighted by Crippen LogP contribution is -2.00. The van der Waals surface area contributed by atoms with E-state index in [2.05, 4.69) is 64.1 Å². The van der Waals surface area contributed by atoms with E-state index in [0.717, 1.165) is 34.3 Å². The second-order valence-electron chi connectivity index (χ2n) is 10.0. The molecule has 202 valence electrons. The molecule has 0 aliphatic carbocycles. The normalized spacial score (nSPS) is 12.7. The van der Waals surface area contributed by atoms with E-state index in [1.54, 1.807) is 33.4 Å². The van der Waals surface area contributed by atoms with E-state index in [4.69, 9.17) is 0 Å². The van der Waals surface area contributed by atoms with Crippen LogP contribution in [0.1, 0.15) is 101 Å². The molecule has 0 saturated heterocycles. The third-order valence-electron chi connectivity index (χ3n) is 6.90. The van der Waals surface area contributed by atoms with Gasteiger partial charge in [0.2, 0.25) is 0 Å². The third-order valence-corrected chi connectivity index (χ3v) is 12.2. The summed E-state index contributed by atoms with van der Waals surface area (Å²) in [6, 6.07) is 14.6. The fraction of sp³-hybridized carbons (Fsp3) is 0.625. The van der Waals surface area contributed by atoms with Crippen molar-refractivity contribution >= 4 is 34.3 Å². The first-order valence-electron chi connectivity index (χ1n) is 14.8. The minimum atomic E-state index is 1.06. The molecule has 4 atom stereocenters. The van der Waals surface area contributed by atoms with Crippen molar-refractivity contribution in [2.45, 2.75) is 104 Å². The van der Waals surface area contributed by atoms with Crippen LogP contribution in [0, 0.1) is 0 Å². The average Bonchev–Trinajstić information content (AvgIpc) is 2.90. The van der Waals surface area contributed by atoms with Gasteiger partial charge in [-0.3, -0.25) is 0 Å². The van der Waals surface area contributed by atoms with E-state index < -0.39 is 0 Å². The first-order chi connectivity index (χ1) is 17.8. The van der Waals surface area contributed by atoms with Crippen LogP contribution < -0.4 is 0 Å². The largest absolute Gasteiger partial charge is 0.118 e. The summed E-state index contributed by atoms with van der Waals surface area (Å²) in [7, 11) is 4.27. The lowest BCUT2D eigenvalue weighted by atomic mass is 9.92. The molecule has 2 aromatic rings. The highest BCUT2D eigenvalue weighted by Crippen LogP contribution is 2.40. The van der Waals surface area contributed by atoms with Crippen molar-refractivity contribution in [1.29, 1.82) is 0 Å². The van der Waals surface area contributed by atoms with Crippen LogP contribution in [0.5, 0.6) is 0 Å². The Balaban J connectivity index is 2.40. The molecule has 0 bridgehead atoms. The molecule has 36 heavy (non-hydrogen) atoms. The summed E-state index contributed by atoms with van der Waals surface area (Å²) in [6.45, 7) is 9.31. The summed E-state index contributed by atoms with van der Waals surface area (Å²) in [4.78, 5) is 0. The highest BCUT2D eigenvalue weighted by molar-refractivity contribution is 7.38. The number of benzene rings is 2. The van der Waals surface area contributed by atoms with Gasteiger partial charge in [0.05, 0.1) is 0 Å². The minimum absolute atomic E-state index is 1.06.